The van der Waals surface area contributed by atoms with Crippen LogP contribution in [0.5, 0.6) is 0 Å². The molecule has 0 amide bonds. The predicted octanol–water partition coefficient (Wildman–Crippen LogP) is 1.58. The van der Waals surface area contributed by atoms with E-state index in [2.05, 4.69) is 6.08 Å². The van der Waals surface area contributed by atoms with Crippen molar-refractivity contribution in [2.75, 3.05) is 6.54 Å². The van der Waals surface area contributed by atoms with Crippen LogP contribution in [0.4, 0.5) is 0 Å². The highest BCUT2D eigenvalue weighted by Crippen LogP contribution is 2.18. The van der Waals surface area contributed by atoms with E-state index in [4.69, 9.17) is 0 Å². The Morgan fingerprint density at radius 1 is 1.23 bits per heavy atom. The molecular formula is C10H17N2O+. The van der Waals surface area contributed by atoms with Crippen LogP contribution in [0.15, 0.2) is 12.2 Å². The van der Waals surface area contributed by atoms with Crippen LogP contribution in [-0.4, -0.2) is 33.9 Å². The summed E-state index contributed by atoms with van der Waals surface area (Å²) in [6.07, 6.45) is 12.1. The van der Waals surface area contributed by atoms with E-state index < -0.39 is 0 Å². The van der Waals surface area contributed by atoms with Crippen LogP contribution < -0.4 is 0 Å². The Morgan fingerprint density at radius 3 is 3.00 bits per heavy atom. The minimum absolute atomic E-state index is 0.412. The van der Waals surface area contributed by atoms with Gasteiger partial charge in [0.2, 0.25) is 0 Å². The fraction of sp³-hybridized carbons (Fsp3) is 0.700. The Bertz CT molecular complexity index is 235. The molecule has 1 N–H and O–H groups in total. The molecule has 0 aromatic carbocycles. The summed E-state index contributed by atoms with van der Waals surface area (Å²) in [6, 6.07) is 0.412. The molecule has 0 aliphatic carbocycles. The molecule has 0 spiro atoms. The van der Waals surface area contributed by atoms with E-state index in [0.717, 1.165) is 6.54 Å². The number of hydrogen-bond acceptors (Lipinski definition) is 2. The summed E-state index contributed by atoms with van der Waals surface area (Å²) in [6.45, 7) is 0.974. The van der Waals surface area contributed by atoms with Crippen LogP contribution in [0.2, 0.25) is 0 Å². The van der Waals surface area contributed by atoms with Crippen molar-refractivity contribution < 1.29 is 10.1 Å². The topological polar surface area (TPSA) is 26.5 Å². The first-order valence-corrected chi connectivity index (χ1v) is 5.14. The third kappa shape index (κ3) is 1.85. The Balaban J connectivity index is 2.08. The average molecular weight is 181 g/mol. The number of nitrogens with zero attached hydrogens (tertiary/aromatic N) is 2. The van der Waals surface area contributed by atoms with Gasteiger partial charge in [-0.05, 0) is 12.8 Å². The van der Waals surface area contributed by atoms with E-state index in [9.17, 15) is 5.21 Å². The smallest absolute Gasteiger partial charge is 0.251 e. The fourth-order valence-corrected chi connectivity index (χ4v) is 2.09. The van der Waals surface area contributed by atoms with Gasteiger partial charge in [-0.15, -0.1) is 5.01 Å². The third-order valence-corrected chi connectivity index (χ3v) is 2.84. The average Bonchev–Trinajstić information content (AvgIpc) is 2.07. The minimum Gasteiger partial charge on any atom is -0.261 e. The summed E-state index contributed by atoms with van der Waals surface area (Å²) in [5, 5.41) is 11.6. The maximum Gasteiger partial charge on any atom is 0.251 e. The van der Waals surface area contributed by atoms with Gasteiger partial charge in [0.25, 0.3) is 6.21 Å². The van der Waals surface area contributed by atoms with Crippen molar-refractivity contribution in [2.24, 2.45) is 0 Å². The van der Waals surface area contributed by atoms with Crippen molar-refractivity contribution in [3.8, 4) is 0 Å². The van der Waals surface area contributed by atoms with Gasteiger partial charge < -0.3 is 0 Å². The number of hydrazine groups is 1. The van der Waals surface area contributed by atoms with Gasteiger partial charge in [0, 0.05) is 6.08 Å². The highest BCUT2D eigenvalue weighted by molar-refractivity contribution is 5.66. The molecule has 0 radical (unpaired) electrons. The summed E-state index contributed by atoms with van der Waals surface area (Å²) < 4.78 is 0. The predicted molar refractivity (Wildman–Crippen MR) is 50.8 cm³/mol. The second-order valence-electron chi connectivity index (χ2n) is 3.79. The van der Waals surface area contributed by atoms with E-state index in [1.165, 1.54) is 37.0 Å². The highest BCUT2D eigenvalue weighted by atomic mass is 16.5. The standard InChI is InChI=1S/C10H17N2O/c13-12-9-5-7-10-6-3-1-2-4-8-11(10)12/h5,7,9-10,13H,1-4,6,8H2/q+1. The minimum atomic E-state index is 0.412. The van der Waals surface area contributed by atoms with E-state index >= 15 is 0 Å². The van der Waals surface area contributed by atoms with Gasteiger partial charge >= 0.3 is 0 Å². The number of rotatable bonds is 0. The SMILES string of the molecule is O[N+]1=CC=CC2CCCCCCN21. The zero-order chi connectivity index (χ0) is 9.10. The van der Waals surface area contributed by atoms with Crippen LogP contribution >= 0.6 is 0 Å². The van der Waals surface area contributed by atoms with E-state index in [1.54, 1.807) is 6.21 Å². The van der Waals surface area contributed by atoms with E-state index in [1.807, 2.05) is 11.1 Å². The zero-order valence-corrected chi connectivity index (χ0v) is 7.89. The lowest BCUT2D eigenvalue weighted by Crippen LogP contribution is -2.44. The van der Waals surface area contributed by atoms with Gasteiger partial charge in [0.1, 0.15) is 6.04 Å². The molecule has 2 heterocycles. The molecule has 3 nitrogen and oxygen atoms in total. The quantitative estimate of drug-likeness (QED) is 0.453. The Labute approximate surface area is 78.9 Å². The summed E-state index contributed by atoms with van der Waals surface area (Å²) >= 11 is 0. The largest absolute Gasteiger partial charge is 0.261 e. The maximum absolute atomic E-state index is 9.57. The van der Waals surface area contributed by atoms with Crippen molar-refractivity contribution in [2.45, 2.75) is 38.1 Å². The highest BCUT2D eigenvalue weighted by Gasteiger charge is 2.27. The molecule has 3 heteroatoms. The normalized spacial score (nSPS) is 28.8. The Kier molecular flexibility index (Phi) is 2.52. The van der Waals surface area contributed by atoms with Crippen molar-refractivity contribution in [1.82, 2.24) is 5.01 Å². The lowest BCUT2D eigenvalue weighted by Gasteiger charge is -2.26. The number of hydrazone groups is 1. The van der Waals surface area contributed by atoms with Gasteiger partial charge in [0.05, 0.1) is 11.4 Å². The van der Waals surface area contributed by atoms with Crippen LogP contribution in [0, 0.1) is 0 Å². The van der Waals surface area contributed by atoms with Gasteiger partial charge in [-0.1, -0.05) is 25.3 Å². The molecule has 0 aromatic heterocycles. The first-order valence-electron chi connectivity index (χ1n) is 5.14. The lowest BCUT2D eigenvalue weighted by molar-refractivity contribution is -0.889. The van der Waals surface area contributed by atoms with Crippen LogP contribution in [0.25, 0.3) is 0 Å². The van der Waals surface area contributed by atoms with Gasteiger partial charge in [-0.2, -0.15) is 0 Å². The van der Waals surface area contributed by atoms with Gasteiger partial charge in [-0.25, -0.2) is 0 Å². The zero-order valence-electron chi connectivity index (χ0n) is 7.89. The molecule has 2 aliphatic rings. The number of allylic oxidation sites excluding steroid dienone is 1. The second-order valence-corrected chi connectivity index (χ2v) is 3.79. The van der Waals surface area contributed by atoms with Crippen molar-refractivity contribution in [1.29, 1.82) is 0 Å². The molecule has 0 aromatic rings. The Hall–Kier alpha value is -0.990. The summed E-state index contributed by atoms with van der Waals surface area (Å²) in [4.78, 5) is 1.25. The maximum atomic E-state index is 9.57. The Morgan fingerprint density at radius 2 is 2.08 bits per heavy atom. The molecule has 72 valence electrons. The van der Waals surface area contributed by atoms with Crippen molar-refractivity contribution >= 4 is 6.21 Å². The fourth-order valence-electron chi connectivity index (χ4n) is 2.09. The lowest BCUT2D eigenvalue weighted by atomic mass is 10.0. The van der Waals surface area contributed by atoms with Crippen LogP contribution in [0.3, 0.4) is 0 Å². The monoisotopic (exact) mass is 181 g/mol. The van der Waals surface area contributed by atoms with Gasteiger partial charge in [-0.3, -0.25) is 5.21 Å². The molecule has 2 aliphatic heterocycles. The summed E-state index contributed by atoms with van der Waals surface area (Å²) in [5.41, 5.74) is 0. The molecule has 13 heavy (non-hydrogen) atoms. The molecule has 0 saturated carbocycles. The number of fused-ring (bicyclic) bond motifs is 1. The van der Waals surface area contributed by atoms with E-state index in [0.29, 0.717) is 6.04 Å². The number of hydrogen-bond donors (Lipinski definition) is 1. The molecule has 2 rings (SSSR count). The van der Waals surface area contributed by atoms with Crippen molar-refractivity contribution in [3.63, 3.8) is 0 Å². The first-order chi connectivity index (χ1) is 6.38. The molecular weight excluding hydrogens is 164 g/mol. The third-order valence-electron chi connectivity index (χ3n) is 2.84. The van der Waals surface area contributed by atoms with Crippen molar-refractivity contribution in [3.05, 3.63) is 12.2 Å². The second kappa shape index (κ2) is 3.81. The molecule has 1 atom stereocenters. The molecule has 1 fully saturated rings. The molecule has 0 bridgehead atoms. The summed E-state index contributed by atoms with van der Waals surface area (Å²) in [5.74, 6) is 0. The molecule has 1 saturated heterocycles. The first kappa shape index (κ1) is 8.60. The van der Waals surface area contributed by atoms with Crippen LogP contribution in [0.1, 0.15) is 32.1 Å². The van der Waals surface area contributed by atoms with Gasteiger partial charge in [0.15, 0.2) is 0 Å². The van der Waals surface area contributed by atoms with E-state index in [-0.39, 0.29) is 0 Å². The van der Waals surface area contributed by atoms with Crippen LogP contribution in [-0.2, 0) is 0 Å². The molecule has 1 unspecified atom stereocenters. The summed E-state index contributed by atoms with van der Waals surface area (Å²) in [7, 11) is 0.